The molecule has 3 aromatic rings. The van der Waals surface area contributed by atoms with E-state index >= 15 is 0 Å². The molecule has 4 rings (SSSR count). The van der Waals surface area contributed by atoms with Crippen LogP contribution in [0.3, 0.4) is 0 Å². The van der Waals surface area contributed by atoms with E-state index in [1.165, 1.54) is 12.8 Å². The normalized spacial score (nSPS) is 13.9. The molecular formula is C26H30N4O4. The molecule has 1 amide bonds. The van der Waals surface area contributed by atoms with Gasteiger partial charge in [-0.3, -0.25) is 4.79 Å². The van der Waals surface area contributed by atoms with Crippen LogP contribution in [0.2, 0.25) is 0 Å². The van der Waals surface area contributed by atoms with Crippen molar-refractivity contribution in [2.45, 2.75) is 19.8 Å². The van der Waals surface area contributed by atoms with Crippen molar-refractivity contribution in [3.63, 3.8) is 0 Å². The maximum atomic E-state index is 12.5. The number of piperidine rings is 1. The zero-order valence-electron chi connectivity index (χ0n) is 19.8. The van der Waals surface area contributed by atoms with Gasteiger partial charge in [0.1, 0.15) is 17.2 Å². The lowest BCUT2D eigenvalue weighted by atomic mass is 9.99. The van der Waals surface area contributed by atoms with Crippen LogP contribution in [0.5, 0.6) is 17.2 Å². The SMILES string of the molecule is COc1cc(OC)cc(OCC(=O)Nc2cccc(-c3ccc(N4CCC(C)CC4)nn3)c2)c1. The second-order valence-corrected chi connectivity index (χ2v) is 8.41. The number of ether oxygens (including phenoxy) is 3. The highest BCUT2D eigenvalue weighted by atomic mass is 16.5. The topological polar surface area (TPSA) is 85.8 Å². The van der Waals surface area contributed by atoms with E-state index in [2.05, 4.69) is 27.3 Å². The number of nitrogens with one attached hydrogen (secondary N) is 1. The monoisotopic (exact) mass is 462 g/mol. The molecule has 1 fully saturated rings. The third kappa shape index (κ3) is 5.95. The number of methoxy groups -OCH3 is 2. The van der Waals surface area contributed by atoms with E-state index in [9.17, 15) is 4.79 Å². The lowest BCUT2D eigenvalue weighted by Gasteiger charge is -2.30. The number of rotatable bonds is 8. The van der Waals surface area contributed by atoms with Crippen LogP contribution in [0.1, 0.15) is 19.8 Å². The van der Waals surface area contributed by atoms with E-state index in [1.807, 2.05) is 36.4 Å². The number of carbonyl (C=O) groups is 1. The Morgan fingerprint density at radius 1 is 0.971 bits per heavy atom. The summed E-state index contributed by atoms with van der Waals surface area (Å²) in [7, 11) is 3.12. The number of hydrogen-bond acceptors (Lipinski definition) is 7. The van der Waals surface area contributed by atoms with Crippen molar-refractivity contribution in [3.8, 4) is 28.5 Å². The van der Waals surface area contributed by atoms with Gasteiger partial charge in [-0.05, 0) is 43.0 Å². The van der Waals surface area contributed by atoms with Crippen LogP contribution in [0.25, 0.3) is 11.3 Å². The molecule has 8 heteroatoms. The molecule has 2 heterocycles. The molecule has 1 aromatic heterocycles. The Balaban J connectivity index is 1.36. The summed E-state index contributed by atoms with van der Waals surface area (Å²) >= 11 is 0. The Morgan fingerprint density at radius 2 is 1.68 bits per heavy atom. The van der Waals surface area contributed by atoms with Crippen molar-refractivity contribution in [2.75, 3.05) is 44.1 Å². The minimum Gasteiger partial charge on any atom is -0.496 e. The molecule has 0 atom stereocenters. The van der Waals surface area contributed by atoms with Gasteiger partial charge in [-0.2, -0.15) is 0 Å². The van der Waals surface area contributed by atoms with Gasteiger partial charge in [0, 0.05) is 42.5 Å². The van der Waals surface area contributed by atoms with E-state index in [-0.39, 0.29) is 12.5 Å². The molecule has 0 unspecified atom stereocenters. The van der Waals surface area contributed by atoms with Crippen molar-refractivity contribution >= 4 is 17.4 Å². The van der Waals surface area contributed by atoms with Gasteiger partial charge in [0.15, 0.2) is 12.4 Å². The fraction of sp³-hybridized carbons (Fsp3) is 0.346. The van der Waals surface area contributed by atoms with E-state index in [4.69, 9.17) is 14.2 Å². The van der Waals surface area contributed by atoms with Crippen LogP contribution in [-0.2, 0) is 4.79 Å². The molecule has 0 bridgehead atoms. The molecule has 178 valence electrons. The Labute approximate surface area is 199 Å². The summed E-state index contributed by atoms with van der Waals surface area (Å²) in [5.74, 6) is 3.06. The summed E-state index contributed by atoms with van der Waals surface area (Å²) in [6, 6.07) is 16.6. The maximum absolute atomic E-state index is 12.5. The molecule has 0 saturated carbocycles. The number of amides is 1. The summed E-state index contributed by atoms with van der Waals surface area (Å²) in [6.07, 6.45) is 2.36. The first kappa shape index (κ1) is 23.4. The van der Waals surface area contributed by atoms with Crippen molar-refractivity contribution in [2.24, 2.45) is 5.92 Å². The van der Waals surface area contributed by atoms with E-state index < -0.39 is 0 Å². The molecule has 1 aliphatic rings. The minimum absolute atomic E-state index is 0.149. The number of carbonyl (C=O) groups excluding carboxylic acids is 1. The fourth-order valence-corrected chi connectivity index (χ4v) is 3.85. The van der Waals surface area contributed by atoms with Gasteiger partial charge in [0.25, 0.3) is 5.91 Å². The smallest absolute Gasteiger partial charge is 0.262 e. The van der Waals surface area contributed by atoms with Gasteiger partial charge < -0.3 is 24.4 Å². The van der Waals surface area contributed by atoms with Crippen LogP contribution < -0.4 is 24.4 Å². The number of anilines is 2. The predicted molar refractivity (Wildman–Crippen MR) is 132 cm³/mol. The maximum Gasteiger partial charge on any atom is 0.262 e. The number of aromatic nitrogens is 2. The highest BCUT2D eigenvalue weighted by Crippen LogP contribution is 2.28. The first-order valence-electron chi connectivity index (χ1n) is 11.4. The zero-order chi connectivity index (χ0) is 23.9. The molecule has 2 aromatic carbocycles. The second-order valence-electron chi connectivity index (χ2n) is 8.41. The molecule has 1 aliphatic heterocycles. The van der Waals surface area contributed by atoms with E-state index in [0.717, 1.165) is 36.1 Å². The Kier molecular flexibility index (Phi) is 7.47. The third-order valence-corrected chi connectivity index (χ3v) is 5.90. The molecule has 1 N–H and O–H groups in total. The van der Waals surface area contributed by atoms with Gasteiger partial charge >= 0.3 is 0 Å². The van der Waals surface area contributed by atoms with Gasteiger partial charge in [-0.25, -0.2) is 0 Å². The average molecular weight is 463 g/mol. The van der Waals surface area contributed by atoms with E-state index in [1.54, 1.807) is 32.4 Å². The Bertz CT molecular complexity index is 1090. The predicted octanol–water partition coefficient (Wildman–Crippen LogP) is 4.41. The Morgan fingerprint density at radius 3 is 2.32 bits per heavy atom. The highest BCUT2D eigenvalue weighted by Gasteiger charge is 2.17. The number of hydrogen-bond donors (Lipinski definition) is 1. The standard InChI is InChI=1S/C26H30N4O4/c1-18-9-11-30(12-10-18)25-8-7-24(28-29-25)19-5-4-6-20(13-19)27-26(31)17-34-23-15-21(32-2)14-22(16-23)33-3/h4-8,13-16,18H,9-12,17H2,1-3H3,(H,27,31). The lowest BCUT2D eigenvalue weighted by Crippen LogP contribution is -2.33. The van der Waals surface area contributed by atoms with Gasteiger partial charge in [0.05, 0.1) is 19.9 Å². The van der Waals surface area contributed by atoms with Gasteiger partial charge in [-0.1, -0.05) is 19.1 Å². The third-order valence-electron chi connectivity index (χ3n) is 5.90. The number of benzene rings is 2. The largest absolute Gasteiger partial charge is 0.496 e. The molecule has 1 saturated heterocycles. The molecule has 34 heavy (non-hydrogen) atoms. The van der Waals surface area contributed by atoms with Crippen LogP contribution >= 0.6 is 0 Å². The van der Waals surface area contributed by atoms with E-state index in [0.29, 0.717) is 22.9 Å². The molecule has 0 radical (unpaired) electrons. The van der Waals surface area contributed by atoms with Gasteiger partial charge in [-0.15, -0.1) is 10.2 Å². The summed E-state index contributed by atoms with van der Waals surface area (Å²) in [5.41, 5.74) is 2.29. The molecule has 0 aliphatic carbocycles. The number of nitrogens with zero attached hydrogens (tertiary/aromatic N) is 3. The molecular weight excluding hydrogens is 432 g/mol. The van der Waals surface area contributed by atoms with Crippen LogP contribution in [0, 0.1) is 5.92 Å². The minimum atomic E-state index is -0.278. The average Bonchev–Trinajstić information content (AvgIpc) is 2.88. The van der Waals surface area contributed by atoms with Crippen LogP contribution in [0.15, 0.2) is 54.6 Å². The fourth-order valence-electron chi connectivity index (χ4n) is 3.85. The van der Waals surface area contributed by atoms with Crippen molar-refractivity contribution in [1.82, 2.24) is 10.2 Å². The zero-order valence-corrected chi connectivity index (χ0v) is 19.8. The second kappa shape index (κ2) is 10.9. The summed E-state index contributed by atoms with van der Waals surface area (Å²) < 4.78 is 16.1. The lowest BCUT2D eigenvalue weighted by molar-refractivity contribution is -0.118. The summed E-state index contributed by atoms with van der Waals surface area (Å²) in [6.45, 7) is 4.17. The van der Waals surface area contributed by atoms with Crippen LogP contribution in [0.4, 0.5) is 11.5 Å². The molecule has 0 spiro atoms. The highest BCUT2D eigenvalue weighted by molar-refractivity contribution is 5.92. The summed E-state index contributed by atoms with van der Waals surface area (Å²) in [5, 5.41) is 11.7. The first-order chi connectivity index (χ1) is 16.5. The van der Waals surface area contributed by atoms with Crippen LogP contribution in [-0.4, -0.2) is 50.0 Å². The van der Waals surface area contributed by atoms with Crippen molar-refractivity contribution in [3.05, 3.63) is 54.6 Å². The van der Waals surface area contributed by atoms with Gasteiger partial charge in [0.2, 0.25) is 0 Å². The Hall–Kier alpha value is -3.81. The quantitative estimate of drug-likeness (QED) is 0.530. The van der Waals surface area contributed by atoms with Crippen molar-refractivity contribution < 1.29 is 19.0 Å². The first-order valence-corrected chi connectivity index (χ1v) is 11.4. The van der Waals surface area contributed by atoms with Crippen molar-refractivity contribution in [1.29, 1.82) is 0 Å². The molecule has 8 nitrogen and oxygen atoms in total. The summed E-state index contributed by atoms with van der Waals surface area (Å²) in [4.78, 5) is 14.7.